The number of fused-ring (bicyclic) bond motifs is 1. The van der Waals surface area contributed by atoms with Crippen LogP contribution in [0.25, 0.3) is 5.57 Å². The minimum absolute atomic E-state index is 0.00236. The summed E-state index contributed by atoms with van der Waals surface area (Å²) < 4.78 is 0. The quantitative estimate of drug-likeness (QED) is 0.873. The minimum atomic E-state index is 0.00236. The van der Waals surface area contributed by atoms with Crippen molar-refractivity contribution in [2.45, 2.75) is 20.3 Å². The van der Waals surface area contributed by atoms with Gasteiger partial charge in [-0.15, -0.1) is 0 Å². The summed E-state index contributed by atoms with van der Waals surface area (Å²) in [5, 5.41) is 2.97. The van der Waals surface area contributed by atoms with Gasteiger partial charge in [-0.05, 0) is 42.7 Å². The fourth-order valence-corrected chi connectivity index (χ4v) is 2.66. The molecule has 0 spiro atoms. The highest BCUT2D eigenvalue weighted by molar-refractivity contribution is 6.10. The van der Waals surface area contributed by atoms with Crippen molar-refractivity contribution in [1.29, 1.82) is 0 Å². The summed E-state index contributed by atoms with van der Waals surface area (Å²) in [5.41, 5.74) is 6.49. The second kappa shape index (κ2) is 4.97. The van der Waals surface area contributed by atoms with Gasteiger partial charge in [0.25, 0.3) is 5.91 Å². The predicted molar refractivity (Wildman–Crippen MR) is 82.5 cm³/mol. The molecule has 0 fully saturated rings. The molecule has 1 aliphatic carbocycles. The Morgan fingerprint density at radius 1 is 1.05 bits per heavy atom. The van der Waals surface area contributed by atoms with Crippen LogP contribution < -0.4 is 5.32 Å². The molecule has 0 aromatic heterocycles. The molecule has 0 saturated carbocycles. The zero-order valence-corrected chi connectivity index (χ0v) is 11.7. The highest BCUT2D eigenvalue weighted by atomic mass is 16.1. The number of allylic oxidation sites excluding steroid dienone is 1. The molecular weight excluding hydrogens is 246 g/mol. The van der Waals surface area contributed by atoms with Crippen LogP contribution in [0.4, 0.5) is 5.69 Å². The van der Waals surface area contributed by atoms with Gasteiger partial charge in [0.1, 0.15) is 0 Å². The van der Waals surface area contributed by atoms with Crippen LogP contribution in [-0.4, -0.2) is 5.91 Å². The lowest BCUT2D eigenvalue weighted by Gasteiger charge is -2.06. The van der Waals surface area contributed by atoms with Crippen molar-refractivity contribution in [2.24, 2.45) is 0 Å². The van der Waals surface area contributed by atoms with Crippen molar-refractivity contribution in [2.75, 3.05) is 5.32 Å². The van der Waals surface area contributed by atoms with Crippen molar-refractivity contribution < 1.29 is 4.79 Å². The fraction of sp³-hybridized carbons (Fsp3) is 0.167. The number of carbonyl (C=O) groups is 1. The van der Waals surface area contributed by atoms with Crippen LogP contribution in [0.5, 0.6) is 0 Å². The summed E-state index contributed by atoms with van der Waals surface area (Å²) in [6, 6.07) is 16.0. The van der Waals surface area contributed by atoms with Gasteiger partial charge in [0.15, 0.2) is 0 Å². The average molecular weight is 263 g/mol. The molecule has 20 heavy (non-hydrogen) atoms. The van der Waals surface area contributed by atoms with Crippen molar-refractivity contribution in [3.05, 3.63) is 70.8 Å². The number of amides is 1. The SMILES string of the molecule is CC1=C(C(=O)Nc2ccccc2)Cc2ccc(C)cc21. The van der Waals surface area contributed by atoms with Crippen LogP contribution in [0.2, 0.25) is 0 Å². The number of aryl methyl sites for hydroxylation is 1. The van der Waals surface area contributed by atoms with E-state index in [1.54, 1.807) is 0 Å². The van der Waals surface area contributed by atoms with Crippen LogP contribution >= 0.6 is 0 Å². The maximum Gasteiger partial charge on any atom is 0.252 e. The normalized spacial score (nSPS) is 13.3. The molecule has 0 unspecified atom stereocenters. The van der Waals surface area contributed by atoms with E-state index in [-0.39, 0.29) is 5.91 Å². The largest absolute Gasteiger partial charge is 0.322 e. The number of hydrogen-bond acceptors (Lipinski definition) is 1. The number of anilines is 1. The molecule has 0 bridgehead atoms. The van der Waals surface area contributed by atoms with Crippen molar-refractivity contribution in [1.82, 2.24) is 0 Å². The molecule has 0 heterocycles. The maximum atomic E-state index is 12.4. The number of rotatable bonds is 2. The van der Waals surface area contributed by atoms with Gasteiger partial charge in [0, 0.05) is 17.7 Å². The maximum absolute atomic E-state index is 12.4. The lowest BCUT2D eigenvalue weighted by molar-refractivity contribution is -0.112. The third-order valence-electron chi connectivity index (χ3n) is 3.80. The number of nitrogens with one attached hydrogen (secondary N) is 1. The Kier molecular flexibility index (Phi) is 3.15. The van der Waals surface area contributed by atoms with Gasteiger partial charge in [-0.2, -0.15) is 0 Å². The zero-order valence-electron chi connectivity index (χ0n) is 11.7. The summed E-state index contributed by atoms with van der Waals surface area (Å²) in [4.78, 5) is 12.4. The summed E-state index contributed by atoms with van der Waals surface area (Å²) >= 11 is 0. The van der Waals surface area contributed by atoms with E-state index in [1.165, 1.54) is 16.7 Å². The summed E-state index contributed by atoms with van der Waals surface area (Å²) in [5.74, 6) is 0.00236. The van der Waals surface area contributed by atoms with E-state index in [4.69, 9.17) is 0 Å². The first-order chi connectivity index (χ1) is 9.65. The monoisotopic (exact) mass is 263 g/mol. The molecule has 100 valence electrons. The van der Waals surface area contributed by atoms with E-state index in [0.717, 1.165) is 23.3 Å². The lowest BCUT2D eigenvalue weighted by Crippen LogP contribution is -2.14. The molecule has 0 saturated heterocycles. The Hall–Kier alpha value is -2.35. The molecule has 2 heteroatoms. The highest BCUT2D eigenvalue weighted by Crippen LogP contribution is 2.33. The first kappa shape index (κ1) is 12.7. The van der Waals surface area contributed by atoms with E-state index in [9.17, 15) is 4.79 Å². The van der Waals surface area contributed by atoms with E-state index >= 15 is 0 Å². The number of benzene rings is 2. The van der Waals surface area contributed by atoms with E-state index in [2.05, 4.69) is 30.4 Å². The Balaban J connectivity index is 1.87. The molecule has 3 rings (SSSR count). The predicted octanol–water partition coefficient (Wildman–Crippen LogP) is 3.96. The number of para-hydroxylation sites is 1. The van der Waals surface area contributed by atoms with E-state index < -0.39 is 0 Å². The molecule has 1 aliphatic rings. The molecule has 0 atom stereocenters. The molecule has 0 aliphatic heterocycles. The summed E-state index contributed by atoms with van der Waals surface area (Å²) in [6.45, 7) is 4.11. The van der Waals surface area contributed by atoms with Crippen LogP contribution in [0.15, 0.2) is 54.1 Å². The molecule has 1 N–H and O–H groups in total. The van der Waals surface area contributed by atoms with Gasteiger partial charge in [-0.3, -0.25) is 4.79 Å². The second-order valence-electron chi connectivity index (χ2n) is 5.26. The minimum Gasteiger partial charge on any atom is -0.322 e. The summed E-state index contributed by atoms with van der Waals surface area (Å²) in [6.07, 6.45) is 0.722. The molecule has 0 radical (unpaired) electrons. The molecule has 2 nitrogen and oxygen atoms in total. The third-order valence-corrected chi connectivity index (χ3v) is 3.80. The Morgan fingerprint density at radius 3 is 2.55 bits per heavy atom. The van der Waals surface area contributed by atoms with Crippen LogP contribution in [0.3, 0.4) is 0 Å². The summed E-state index contributed by atoms with van der Waals surface area (Å²) in [7, 11) is 0. The van der Waals surface area contributed by atoms with Crippen molar-refractivity contribution >= 4 is 17.2 Å². The first-order valence-corrected chi connectivity index (χ1v) is 6.81. The van der Waals surface area contributed by atoms with Crippen molar-refractivity contribution in [3.63, 3.8) is 0 Å². The Bertz CT molecular complexity index is 699. The van der Waals surface area contributed by atoms with Gasteiger partial charge in [0.05, 0.1) is 0 Å². The van der Waals surface area contributed by atoms with Gasteiger partial charge >= 0.3 is 0 Å². The number of carbonyl (C=O) groups excluding carboxylic acids is 1. The highest BCUT2D eigenvalue weighted by Gasteiger charge is 2.23. The standard InChI is InChI=1S/C18H17NO/c1-12-8-9-14-11-17(13(2)16(14)10-12)18(20)19-15-6-4-3-5-7-15/h3-10H,11H2,1-2H3,(H,19,20). The van der Waals surface area contributed by atoms with Crippen LogP contribution in [0, 0.1) is 6.92 Å². The molecule has 1 amide bonds. The van der Waals surface area contributed by atoms with Crippen molar-refractivity contribution in [3.8, 4) is 0 Å². The van der Waals surface area contributed by atoms with Crippen LogP contribution in [0.1, 0.15) is 23.6 Å². The van der Waals surface area contributed by atoms with Crippen LogP contribution in [-0.2, 0) is 11.2 Å². The second-order valence-corrected chi connectivity index (χ2v) is 5.26. The average Bonchev–Trinajstić information content (AvgIpc) is 2.77. The topological polar surface area (TPSA) is 29.1 Å². The zero-order chi connectivity index (χ0) is 14.1. The molecule has 2 aromatic rings. The molecular formula is C18H17NO. The molecule has 2 aromatic carbocycles. The smallest absolute Gasteiger partial charge is 0.252 e. The van der Waals surface area contributed by atoms with Gasteiger partial charge in [-0.25, -0.2) is 0 Å². The fourth-order valence-electron chi connectivity index (χ4n) is 2.66. The van der Waals surface area contributed by atoms with E-state index in [0.29, 0.717) is 0 Å². The van der Waals surface area contributed by atoms with E-state index in [1.807, 2.05) is 37.3 Å². The lowest BCUT2D eigenvalue weighted by atomic mass is 10.0. The Labute approximate surface area is 119 Å². The van der Waals surface area contributed by atoms with Gasteiger partial charge < -0.3 is 5.32 Å². The third kappa shape index (κ3) is 2.25. The van der Waals surface area contributed by atoms with Gasteiger partial charge in [0.2, 0.25) is 0 Å². The first-order valence-electron chi connectivity index (χ1n) is 6.81. The number of hydrogen-bond donors (Lipinski definition) is 1. The van der Waals surface area contributed by atoms with Gasteiger partial charge in [-0.1, -0.05) is 42.0 Å². The Morgan fingerprint density at radius 2 is 1.80 bits per heavy atom.